The van der Waals surface area contributed by atoms with Crippen LogP contribution in [-0.2, 0) is 0 Å². The zero-order valence-electron chi connectivity index (χ0n) is 8.68. The van der Waals surface area contributed by atoms with Crippen LogP contribution in [0.15, 0.2) is 42.5 Å². The van der Waals surface area contributed by atoms with Gasteiger partial charge in [0.1, 0.15) is 5.82 Å². The molecule has 17 heavy (non-hydrogen) atoms. The molecule has 0 N–H and O–H groups in total. The van der Waals surface area contributed by atoms with Crippen molar-refractivity contribution in [3.05, 3.63) is 59.9 Å². The highest BCUT2D eigenvalue weighted by molar-refractivity contribution is 6.07. The van der Waals surface area contributed by atoms with Crippen molar-refractivity contribution in [1.29, 1.82) is 0 Å². The molecule has 3 rings (SSSR count). The minimum atomic E-state index is -1.13. The van der Waals surface area contributed by atoms with Gasteiger partial charge in [-0.3, -0.25) is 0 Å². The van der Waals surface area contributed by atoms with E-state index < -0.39 is 17.5 Å². The molecule has 0 saturated heterocycles. The number of hydrogen-bond donors (Lipinski definition) is 0. The molecule has 0 aromatic heterocycles. The van der Waals surface area contributed by atoms with Gasteiger partial charge in [-0.25, -0.2) is 13.2 Å². The van der Waals surface area contributed by atoms with Crippen molar-refractivity contribution in [3.63, 3.8) is 0 Å². The van der Waals surface area contributed by atoms with Crippen LogP contribution in [0.5, 0.6) is 0 Å². The summed E-state index contributed by atoms with van der Waals surface area (Å²) in [6.07, 6.45) is 0. The molecule has 0 aliphatic rings. The molecule has 0 nitrogen and oxygen atoms in total. The highest BCUT2D eigenvalue weighted by atomic mass is 19.2. The first-order valence-electron chi connectivity index (χ1n) is 5.13. The van der Waals surface area contributed by atoms with Gasteiger partial charge in [0.15, 0.2) is 11.6 Å². The van der Waals surface area contributed by atoms with Crippen molar-refractivity contribution in [2.24, 2.45) is 0 Å². The van der Waals surface area contributed by atoms with Crippen LogP contribution in [0.3, 0.4) is 0 Å². The molecule has 0 unspecified atom stereocenters. The SMILES string of the molecule is Fc1ccc2c(c(F)cc3ccccc32)c1F. The van der Waals surface area contributed by atoms with Crippen LogP contribution in [0.1, 0.15) is 0 Å². The summed E-state index contributed by atoms with van der Waals surface area (Å²) in [5.74, 6) is -2.91. The lowest BCUT2D eigenvalue weighted by Gasteiger charge is -2.06. The topological polar surface area (TPSA) is 0 Å². The fraction of sp³-hybridized carbons (Fsp3) is 0. The molecule has 0 bridgehead atoms. The fourth-order valence-corrected chi connectivity index (χ4v) is 2.09. The van der Waals surface area contributed by atoms with E-state index in [2.05, 4.69) is 0 Å². The standard InChI is InChI=1S/C14H7F3/c15-11-6-5-10-9-4-2-1-3-8(9)7-12(16)13(10)14(11)17/h1-7H. The van der Waals surface area contributed by atoms with Crippen molar-refractivity contribution in [2.75, 3.05) is 0 Å². The summed E-state index contributed by atoms with van der Waals surface area (Å²) in [7, 11) is 0. The molecule has 0 fully saturated rings. The van der Waals surface area contributed by atoms with Crippen LogP contribution in [0, 0.1) is 17.5 Å². The van der Waals surface area contributed by atoms with Crippen molar-refractivity contribution in [1.82, 2.24) is 0 Å². The second-order valence-electron chi connectivity index (χ2n) is 3.86. The Labute approximate surface area is 95.3 Å². The third-order valence-corrected chi connectivity index (χ3v) is 2.87. The summed E-state index contributed by atoms with van der Waals surface area (Å²) >= 11 is 0. The number of fused-ring (bicyclic) bond motifs is 3. The van der Waals surface area contributed by atoms with Crippen LogP contribution in [-0.4, -0.2) is 0 Å². The Morgan fingerprint density at radius 3 is 2.29 bits per heavy atom. The maximum Gasteiger partial charge on any atom is 0.169 e. The second-order valence-corrected chi connectivity index (χ2v) is 3.86. The van der Waals surface area contributed by atoms with Crippen LogP contribution >= 0.6 is 0 Å². The van der Waals surface area contributed by atoms with Crippen molar-refractivity contribution in [3.8, 4) is 0 Å². The minimum absolute atomic E-state index is 0.288. The van der Waals surface area contributed by atoms with E-state index in [0.717, 1.165) is 6.07 Å². The van der Waals surface area contributed by atoms with E-state index in [9.17, 15) is 13.2 Å². The van der Waals surface area contributed by atoms with E-state index >= 15 is 0 Å². The fourth-order valence-electron chi connectivity index (χ4n) is 2.09. The van der Waals surface area contributed by atoms with Gasteiger partial charge in [-0.1, -0.05) is 30.3 Å². The van der Waals surface area contributed by atoms with Gasteiger partial charge in [0.25, 0.3) is 0 Å². The van der Waals surface area contributed by atoms with E-state index in [1.807, 2.05) is 0 Å². The van der Waals surface area contributed by atoms with Gasteiger partial charge in [0, 0.05) is 0 Å². The first-order valence-corrected chi connectivity index (χ1v) is 5.13. The zero-order chi connectivity index (χ0) is 12.0. The molecule has 0 saturated carbocycles. The normalized spacial score (nSPS) is 11.2. The van der Waals surface area contributed by atoms with Gasteiger partial charge in [-0.15, -0.1) is 0 Å². The summed E-state index contributed by atoms with van der Waals surface area (Å²) in [4.78, 5) is 0. The maximum absolute atomic E-state index is 13.8. The van der Waals surface area contributed by atoms with E-state index in [-0.39, 0.29) is 5.39 Å². The molecule has 3 aromatic rings. The molecule has 0 radical (unpaired) electrons. The monoisotopic (exact) mass is 232 g/mol. The predicted octanol–water partition coefficient (Wildman–Crippen LogP) is 4.41. The Kier molecular flexibility index (Phi) is 2.08. The molecular formula is C14H7F3. The lowest BCUT2D eigenvalue weighted by Crippen LogP contribution is -1.91. The van der Waals surface area contributed by atoms with Gasteiger partial charge in [-0.05, 0) is 28.3 Å². The summed E-state index contributed by atoms with van der Waals surface area (Å²) in [5.41, 5.74) is 0. The smallest absolute Gasteiger partial charge is 0.169 e. The summed E-state index contributed by atoms with van der Waals surface area (Å²) in [6.45, 7) is 0. The van der Waals surface area contributed by atoms with Gasteiger partial charge in [0.05, 0.1) is 5.39 Å². The zero-order valence-corrected chi connectivity index (χ0v) is 8.68. The van der Waals surface area contributed by atoms with Crippen molar-refractivity contribution < 1.29 is 13.2 Å². The number of halogens is 3. The third-order valence-electron chi connectivity index (χ3n) is 2.87. The Morgan fingerprint density at radius 2 is 1.47 bits per heavy atom. The summed E-state index contributed by atoms with van der Waals surface area (Å²) in [6, 6.07) is 10.7. The van der Waals surface area contributed by atoms with Gasteiger partial charge in [0.2, 0.25) is 0 Å². The van der Waals surface area contributed by atoms with E-state index in [1.54, 1.807) is 24.3 Å². The van der Waals surface area contributed by atoms with Crippen LogP contribution in [0.2, 0.25) is 0 Å². The number of benzene rings is 3. The molecule has 3 aromatic carbocycles. The number of hydrogen-bond acceptors (Lipinski definition) is 0. The number of rotatable bonds is 0. The molecular weight excluding hydrogens is 225 g/mol. The second kappa shape index (κ2) is 3.48. The lowest BCUT2D eigenvalue weighted by molar-refractivity contribution is 0.512. The molecule has 0 aliphatic carbocycles. The first-order chi connectivity index (χ1) is 8.18. The third kappa shape index (κ3) is 1.39. The molecule has 84 valence electrons. The summed E-state index contributed by atoms with van der Waals surface area (Å²) in [5, 5.41) is 1.48. The van der Waals surface area contributed by atoms with E-state index in [4.69, 9.17) is 0 Å². The first kappa shape index (κ1) is 10.1. The predicted molar refractivity (Wildman–Crippen MR) is 61.3 cm³/mol. The summed E-state index contributed by atoms with van der Waals surface area (Å²) < 4.78 is 40.4. The van der Waals surface area contributed by atoms with Crippen molar-refractivity contribution >= 4 is 21.5 Å². The Morgan fingerprint density at radius 1 is 0.706 bits per heavy atom. The average Bonchev–Trinajstić information content (AvgIpc) is 2.33. The Bertz CT molecular complexity index is 732. The lowest BCUT2D eigenvalue weighted by atomic mass is 10.0. The van der Waals surface area contributed by atoms with E-state index in [0.29, 0.717) is 16.2 Å². The van der Waals surface area contributed by atoms with Gasteiger partial charge >= 0.3 is 0 Å². The van der Waals surface area contributed by atoms with Crippen LogP contribution < -0.4 is 0 Å². The molecule has 0 amide bonds. The van der Waals surface area contributed by atoms with Crippen LogP contribution in [0.4, 0.5) is 13.2 Å². The highest BCUT2D eigenvalue weighted by Gasteiger charge is 2.13. The highest BCUT2D eigenvalue weighted by Crippen LogP contribution is 2.30. The van der Waals surface area contributed by atoms with E-state index in [1.165, 1.54) is 12.1 Å². The van der Waals surface area contributed by atoms with Gasteiger partial charge < -0.3 is 0 Å². The molecule has 0 atom stereocenters. The molecule has 3 heteroatoms. The van der Waals surface area contributed by atoms with Gasteiger partial charge in [-0.2, -0.15) is 0 Å². The average molecular weight is 232 g/mol. The Balaban J connectivity index is 2.63. The Hall–Kier alpha value is -2.03. The largest absolute Gasteiger partial charge is 0.206 e. The van der Waals surface area contributed by atoms with Crippen LogP contribution in [0.25, 0.3) is 21.5 Å². The van der Waals surface area contributed by atoms with Crippen molar-refractivity contribution in [2.45, 2.75) is 0 Å². The molecule has 0 spiro atoms. The molecule has 0 heterocycles. The minimum Gasteiger partial charge on any atom is -0.206 e. The quantitative estimate of drug-likeness (QED) is 0.503. The molecule has 0 aliphatic heterocycles. The maximum atomic E-state index is 13.8.